The van der Waals surface area contributed by atoms with Gasteiger partial charge in [-0.15, -0.1) is 4.40 Å². The van der Waals surface area contributed by atoms with Crippen LogP contribution in [0.4, 0.5) is 5.82 Å². The molecule has 3 heterocycles. The normalized spacial score (nSPS) is 21.1. The van der Waals surface area contributed by atoms with Crippen LogP contribution < -0.4 is 5.32 Å². The summed E-state index contributed by atoms with van der Waals surface area (Å²) >= 11 is 0. The Morgan fingerprint density at radius 3 is 2.84 bits per heavy atom. The van der Waals surface area contributed by atoms with Gasteiger partial charge in [0.25, 0.3) is 10.0 Å². The van der Waals surface area contributed by atoms with Gasteiger partial charge in [0, 0.05) is 31.4 Å². The Labute approximate surface area is 145 Å². The van der Waals surface area contributed by atoms with Crippen LogP contribution in [0.2, 0.25) is 0 Å². The van der Waals surface area contributed by atoms with Crippen molar-refractivity contribution in [3.63, 3.8) is 0 Å². The van der Waals surface area contributed by atoms with E-state index in [9.17, 15) is 13.2 Å². The zero-order chi connectivity index (χ0) is 17.6. The Hall–Kier alpha value is -2.68. The van der Waals surface area contributed by atoms with E-state index in [1.54, 1.807) is 53.2 Å². The maximum absolute atomic E-state index is 12.7. The fraction of sp³-hybridized carbons (Fsp3) is 0.312. The lowest BCUT2D eigenvalue weighted by molar-refractivity contribution is -0.119. The molecule has 2 aliphatic rings. The second-order valence-electron chi connectivity index (χ2n) is 6.10. The maximum Gasteiger partial charge on any atom is 0.285 e. The summed E-state index contributed by atoms with van der Waals surface area (Å²) in [5.41, 5.74) is 0.556. The molecule has 0 spiro atoms. The number of aromatic nitrogens is 2. The average Bonchev–Trinajstić information content (AvgIpc) is 3.26. The number of hydrogen-bond donors (Lipinski definition) is 1. The zero-order valence-corrected chi connectivity index (χ0v) is 14.4. The summed E-state index contributed by atoms with van der Waals surface area (Å²) in [5, 5.41) is 6.93. The van der Waals surface area contributed by atoms with Crippen molar-refractivity contribution in [3.8, 4) is 0 Å². The largest absolute Gasteiger partial charge is 0.343 e. The van der Waals surface area contributed by atoms with Gasteiger partial charge in [0.2, 0.25) is 5.91 Å². The van der Waals surface area contributed by atoms with Crippen LogP contribution in [0.1, 0.15) is 18.4 Å². The van der Waals surface area contributed by atoms with E-state index in [-0.39, 0.29) is 10.8 Å². The highest BCUT2D eigenvalue weighted by molar-refractivity contribution is 7.90. The van der Waals surface area contributed by atoms with Gasteiger partial charge in [-0.3, -0.25) is 9.48 Å². The first kappa shape index (κ1) is 15.8. The molecule has 8 nitrogen and oxygen atoms in total. The van der Waals surface area contributed by atoms with Crippen molar-refractivity contribution in [2.45, 2.75) is 23.8 Å². The van der Waals surface area contributed by atoms with Crippen LogP contribution in [0.5, 0.6) is 0 Å². The molecule has 130 valence electrons. The van der Waals surface area contributed by atoms with Crippen LogP contribution in [0.15, 0.2) is 45.8 Å². The number of benzene rings is 1. The molecule has 1 N–H and O–H groups in total. The number of fused-ring (bicyclic) bond motifs is 1. The van der Waals surface area contributed by atoms with E-state index in [0.29, 0.717) is 30.2 Å². The summed E-state index contributed by atoms with van der Waals surface area (Å²) in [6.45, 7) is 0.586. The van der Waals surface area contributed by atoms with Gasteiger partial charge in [0.1, 0.15) is 10.9 Å². The third-order valence-corrected chi connectivity index (χ3v) is 5.73. The van der Waals surface area contributed by atoms with Gasteiger partial charge in [0.15, 0.2) is 11.7 Å². The molecule has 0 unspecified atom stereocenters. The van der Waals surface area contributed by atoms with Crippen molar-refractivity contribution in [2.24, 2.45) is 11.4 Å². The van der Waals surface area contributed by atoms with Crippen LogP contribution in [-0.2, 0) is 21.9 Å². The lowest BCUT2D eigenvalue weighted by Gasteiger charge is -2.25. The molecule has 2 aliphatic heterocycles. The van der Waals surface area contributed by atoms with Crippen LogP contribution in [-0.4, -0.2) is 47.4 Å². The minimum absolute atomic E-state index is 0.195. The minimum atomic E-state index is -3.70. The fourth-order valence-corrected chi connectivity index (χ4v) is 4.50. The van der Waals surface area contributed by atoms with E-state index in [1.165, 1.54) is 0 Å². The number of sulfonamides is 1. The number of likely N-dealkylation sites (tertiary alicyclic amines) is 1. The summed E-state index contributed by atoms with van der Waals surface area (Å²) in [7, 11) is -1.93. The quantitative estimate of drug-likeness (QED) is 0.862. The smallest absolute Gasteiger partial charge is 0.285 e. The molecular weight excluding hydrogens is 342 g/mol. The molecule has 4 rings (SSSR count). The molecule has 2 aromatic rings. The molecule has 0 bridgehead atoms. The summed E-state index contributed by atoms with van der Waals surface area (Å²) in [5.74, 6) is 0.621. The SMILES string of the molecule is Cn1ccc(NC(=O)[C@@H]2CCCN2C2=NS(=O)(=O)c3ccccc32)n1. The number of rotatable bonds is 2. The molecule has 1 amide bonds. The van der Waals surface area contributed by atoms with Gasteiger partial charge in [-0.25, -0.2) is 0 Å². The van der Waals surface area contributed by atoms with Crippen molar-refractivity contribution in [2.75, 3.05) is 11.9 Å². The van der Waals surface area contributed by atoms with Crippen molar-refractivity contribution in [1.82, 2.24) is 14.7 Å². The molecule has 1 saturated heterocycles. The van der Waals surface area contributed by atoms with Crippen LogP contribution in [0.25, 0.3) is 0 Å². The Kier molecular flexibility index (Phi) is 3.60. The van der Waals surface area contributed by atoms with Crippen LogP contribution in [0, 0.1) is 0 Å². The van der Waals surface area contributed by atoms with E-state index in [1.807, 2.05) is 0 Å². The van der Waals surface area contributed by atoms with E-state index >= 15 is 0 Å². The second kappa shape index (κ2) is 5.69. The fourth-order valence-electron chi connectivity index (χ4n) is 3.28. The van der Waals surface area contributed by atoms with E-state index in [0.717, 1.165) is 6.42 Å². The number of nitrogens with one attached hydrogen (secondary N) is 1. The number of amides is 1. The van der Waals surface area contributed by atoms with Gasteiger partial charge in [-0.1, -0.05) is 12.1 Å². The number of hydrogen-bond acceptors (Lipinski definition) is 5. The van der Waals surface area contributed by atoms with Crippen LogP contribution in [0.3, 0.4) is 0 Å². The molecule has 1 aromatic carbocycles. The third-order valence-electron chi connectivity index (χ3n) is 4.40. The number of nitrogens with zero attached hydrogens (tertiary/aromatic N) is 4. The van der Waals surface area contributed by atoms with Crippen LogP contribution >= 0.6 is 0 Å². The monoisotopic (exact) mass is 359 g/mol. The molecule has 1 atom stereocenters. The molecule has 25 heavy (non-hydrogen) atoms. The van der Waals surface area contributed by atoms with Crippen molar-refractivity contribution in [3.05, 3.63) is 42.1 Å². The minimum Gasteiger partial charge on any atom is -0.343 e. The molecule has 9 heteroatoms. The van der Waals surface area contributed by atoms with E-state index < -0.39 is 16.1 Å². The first-order valence-electron chi connectivity index (χ1n) is 7.97. The molecule has 1 fully saturated rings. The Morgan fingerprint density at radius 2 is 2.08 bits per heavy atom. The first-order valence-corrected chi connectivity index (χ1v) is 9.41. The van der Waals surface area contributed by atoms with Crippen molar-refractivity contribution < 1.29 is 13.2 Å². The number of anilines is 1. The Bertz CT molecular complexity index is 979. The predicted octanol–water partition coefficient (Wildman–Crippen LogP) is 0.972. The molecule has 0 aliphatic carbocycles. The number of carbonyl (C=O) groups excluding carboxylic acids is 1. The average molecular weight is 359 g/mol. The number of carbonyl (C=O) groups is 1. The van der Waals surface area contributed by atoms with Gasteiger partial charge in [-0.2, -0.15) is 13.5 Å². The highest BCUT2D eigenvalue weighted by Crippen LogP contribution is 2.31. The molecular formula is C16H17N5O3S. The molecule has 0 saturated carbocycles. The lowest BCUT2D eigenvalue weighted by Crippen LogP contribution is -2.43. The standard InChI is InChI=1S/C16H17N5O3S/c1-20-10-8-14(18-20)17-16(22)12-6-4-9-21(12)15-11-5-2-3-7-13(11)25(23,24)19-15/h2-3,5,7-8,10,12H,4,6,9H2,1H3,(H,17,18,22)/t12-/m0/s1. The predicted molar refractivity (Wildman–Crippen MR) is 91.7 cm³/mol. The van der Waals surface area contributed by atoms with E-state index in [4.69, 9.17) is 0 Å². The maximum atomic E-state index is 12.7. The second-order valence-corrected chi connectivity index (χ2v) is 7.67. The lowest BCUT2D eigenvalue weighted by atomic mass is 10.1. The number of amidine groups is 1. The summed E-state index contributed by atoms with van der Waals surface area (Å²) in [6, 6.07) is 7.95. The highest BCUT2D eigenvalue weighted by Gasteiger charge is 2.39. The van der Waals surface area contributed by atoms with Crippen molar-refractivity contribution in [1.29, 1.82) is 0 Å². The van der Waals surface area contributed by atoms with Gasteiger partial charge in [0.05, 0.1) is 0 Å². The van der Waals surface area contributed by atoms with Gasteiger partial charge >= 0.3 is 0 Å². The topological polar surface area (TPSA) is 96.7 Å². The highest BCUT2D eigenvalue weighted by atomic mass is 32.2. The summed E-state index contributed by atoms with van der Waals surface area (Å²) in [6.07, 6.45) is 3.17. The van der Waals surface area contributed by atoms with Gasteiger partial charge in [-0.05, 0) is 25.0 Å². The third kappa shape index (κ3) is 2.70. The first-order chi connectivity index (χ1) is 12.0. The number of aryl methyl sites for hydroxylation is 1. The molecule has 0 radical (unpaired) electrons. The Morgan fingerprint density at radius 1 is 1.28 bits per heavy atom. The summed E-state index contributed by atoms with van der Waals surface area (Å²) < 4.78 is 30.1. The zero-order valence-electron chi connectivity index (χ0n) is 13.6. The summed E-state index contributed by atoms with van der Waals surface area (Å²) in [4.78, 5) is 14.6. The van der Waals surface area contributed by atoms with Gasteiger partial charge < -0.3 is 10.2 Å². The van der Waals surface area contributed by atoms with E-state index in [2.05, 4.69) is 14.8 Å². The Balaban J connectivity index is 1.63. The van der Waals surface area contributed by atoms with Crippen molar-refractivity contribution >= 4 is 27.6 Å². The molecule has 1 aromatic heterocycles.